The number of carboxylic acids is 1. The van der Waals surface area contributed by atoms with Crippen molar-refractivity contribution in [3.05, 3.63) is 34.1 Å². The minimum absolute atomic E-state index is 0.0719. The van der Waals surface area contributed by atoms with Gasteiger partial charge in [0.2, 0.25) is 5.91 Å². The predicted octanol–water partition coefficient (Wildman–Crippen LogP) is 2.36. The number of benzene rings is 1. The topological polar surface area (TPSA) is 66.4 Å². The number of hydrogen-bond donors (Lipinski definition) is 2. The predicted molar refractivity (Wildman–Crippen MR) is 70.2 cm³/mol. The Morgan fingerprint density at radius 2 is 2.10 bits per heavy atom. The molecule has 1 amide bonds. The summed E-state index contributed by atoms with van der Waals surface area (Å²) in [6.07, 6.45) is -1.18. The fraction of sp³-hybridized carbons (Fsp3) is 0.385. The van der Waals surface area contributed by atoms with E-state index < -0.39 is 35.3 Å². The summed E-state index contributed by atoms with van der Waals surface area (Å²) in [7, 11) is 0. The quantitative estimate of drug-likeness (QED) is 0.878. The average molecular weight is 348 g/mol. The Balaban J connectivity index is 2.36. The maximum atomic E-state index is 13.9. The highest BCUT2D eigenvalue weighted by Crippen LogP contribution is 2.35. The van der Waals surface area contributed by atoms with Crippen LogP contribution in [0.1, 0.15) is 18.9 Å². The van der Waals surface area contributed by atoms with Gasteiger partial charge in [0.1, 0.15) is 12.0 Å². The van der Waals surface area contributed by atoms with Crippen LogP contribution < -0.4 is 5.32 Å². The van der Waals surface area contributed by atoms with Gasteiger partial charge in [-0.15, -0.1) is 0 Å². The average Bonchev–Trinajstić information content (AvgIpc) is 3.09. The number of amides is 1. The SMILES string of the molecule is CC(NC(=O)[C@@H]1C[C@@H]1F)(C(=O)O)c1cc(Br)ccc1F. The Labute approximate surface area is 122 Å². The van der Waals surface area contributed by atoms with Gasteiger partial charge in [0.05, 0.1) is 5.92 Å². The number of hydrogen-bond acceptors (Lipinski definition) is 2. The maximum Gasteiger partial charge on any atom is 0.333 e. The molecule has 0 spiro atoms. The number of nitrogens with one attached hydrogen (secondary N) is 1. The molecule has 0 aliphatic heterocycles. The summed E-state index contributed by atoms with van der Waals surface area (Å²) in [6.45, 7) is 1.17. The van der Waals surface area contributed by atoms with Crippen LogP contribution >= 0.6 is 15.9 Å². The fourth-order valence-corrected chi connectivity index (χ4v) is 2.25. The third-order valence-electron chi connectivity index (χ3n) is 3.32. The van der Waals surface area contributed by atoms with Crippen LogP contribution in [-0.4, -0.2) is 23.2 Å². The van der Waals surface area contributed by atoms with E-state index in [-0.39, 0.29) is 12.0 Å². The van der Waals surface area contributed by atoms with E-state index in [1.54, 1.807) is 0 Å². The van der Waals surface area contributed by atoms with Gasteiger partial charge in [0, 0.05) is 10.0 Å². The van der Waals surface area contributed by atoms with E-state index in [9.17, 15) is 23.5 Å². The zero-order valence-corrected chi connectivity index (χ0v) is 12.1. The van der Waals surface area contributed by atoms with E-state index in [0.29, 0.717) is 4.47 Å². The molecule has 0 radical (unpaired) electrons. The molecule has 1 saturated carbocycles. The van der Waals surface area contributed by atoms with Crippen LogP contribution in [0.25, 0.3) is 0 Å². The van der Waals surface area contributed by atoms with E-state index in [4.69, 9.17) is 0 Å². The van der Waals surface area contributed by atoms with Crippen molar-refractivity contribution in [2.24, 2.45) is 5.92 Å². The molecule has 20 heavy (non-hydrogen) atoms. The van der Waals surface area contributed by atoms with Gasteiger partial charge in [0.25, 0.3) is 0 Å². The van der Waals surface area contributed by atoms with E-state index in [0.717, 1.165) is 6.07 Å². The van der Waals surface area contributed by atoms with E-state index >= 15 is 0 Å². The highest BCUT2D eigenvalue weighted by atomic mass is 79.9. The molecule has 2 rings (SSSR count). The molecule has 7 heteroatoms. The first-order chi connectivity index (χ1) is 9.25. The Morgan fingerprint density at radius 3 is 2.60 bits per heavy atom. The van der Waals surface area contributed by atoms with Crippen molar-refractivity contribution in [1.29, 1.82) is 0 Å². The lowest BCUT2D eigenvalue weighted by Gasteiger charge is -2.27. The van der Waals surface area contributed by atoms with E-state index in [1.165, 1.54) is 19.1 Å². The van der Waals surface area contributed by atoms with Crippen LogP contribution in [0.3, 0.4) is 0 Å². The summed E-state index contributed by atoms with van der Waals surface area (Å²) in [5.74, 6) is -3.74. The maximum absolute atomic E-state index is 13.9. The Hall–Kier alpha value is -1.50. The molecule has 4 nitrogen and oxygen atoms in total. The van der Waals surface area contributed by atoms with Crippen LogP contribution in [0.5, 0.6) is 0 Å². The standard InChI is InChI=1S/C13H12BrF2NO3/c1-13(12(19)20,17-11(18)7-5-10(7)16)8-4-6(14)2-3-9(8)15/h2-4,7,10H,5H2,1H3,(H,17,18)(H,19,20)/t7-,10+,13?/m1/s1. The first kappa shape index (κ1) is 14.9. The number of carboxylic acid groups (broad SMARTS) is 1. The Bertz CT molecular complexity index is 581. The second-order valence-electron chi connectivity index (χ2n) is 4.90. The molecule has 1 aromatic carbocycles. The second kappa shape index (κ2) is 5.12. The summed E-state index contributed by atoms with van der Waals surface area (Å²) in [6, 6.07) is 3.80. The molecule has 3 atom stereocenters. The molecule has 1 fully saturated rings. The number of carbonyl (C=O) groups is 2. The molecule has 1 aromatic rings. The second-order valence-corrected chi connectivity index (χ2v) is 5.82. The third-order valence-corrected chi connectivity index (χ3v) is 3.81. The molecule has 1 aliphatic rings. The lowest BCUT2D eigenvalue weighted by Crippen LogP contribution is -2.50. The smallest absolute Gasteiger partial charge is 0.333 e. The minimum atomic E-state index is -1.95. The number of carbonyl (C=O) groups excluding carboxylic acids is 1. The molecule has 108 valence electrons. The fourth-order valence-electron chi connectivity index (χ4n) is 1.89. The van der Waals surface area contributed by atoms with E-state index in [1.807, 2.05) is 0 Å². The van der Waals surface area contributed by atoms with Crippen molar-refractivity contribution >= 4 is 27.8 Å². The molecule has 0 heterocycles. The summed E-state index contributed by atoms with van der Waals surface area (Å²) in [5, 5.41) is 11.6. The van der Waals surface area contributed by atoms with Crippen molar-refractivity contribution < 1.29 is 23.5 Å². The monoisotopic (exact) mass is 347 g/mol. The van der Waals surface area contributed by atoms with Gasteiger partial charge in [-0.1, -0.05) is 15.9 Å². The van der Waals surface area contributed by atoms with Crippen molar-refractivity contribution in [3.8, 4) is 0 Å². The van der Waals surface area contributed by atoms with Crippen molar-refractivity contribution in [2.75, 3.05) is 0 Å². The van der Waals surface area contributed by atoms with Crippen molar-refractivity contribution in [3.63, 3.8) is 0 Å². The van der Waals surface area contributed by atoms with Gasteiger partial charge in [-0.2, -0.15) is 0 Å². The third kappa shape index (κ3) is 2.67. The molecule has 1 aliphatic carbocycles. The number of rotatable bonds is 4. The highest BCUT2D eigenvalue weighted by Gasteiger charge is 2.48. The molecule has 2 N–H and O–H groups in total. The zero-order valence-electron chi connectivity index (χ0n) is 10.5. The molecular weight excluding hydrogens is 336 g/mol. The molecule has 1 unspecified atom stereocenters. The number of halogens is 3. The van der Waals surface area contributed by atoms with Gasteiger partial charge in [-0.25, -0.2) is 13.6 Å². The minimum Gasteiger partial charge on any atom is -0.479 e. The Morgan fingerprint density at radius 1 is 1.50 bits per heavy atom. The summed E-state index contributed by atoms with van der Waals surface area (Å²) < 4.78 is 27.2. The number of aliphatic carboxylic acids is 1. The van der Waals surface area contributed by atoms with Crippen molar-refractivity contribution in [1.82, 2.24) is 5.32 Å². The highest BCUT2D eigenvalue weighted by molar-refractivity contribution is 9.10. The van der Waals surface area contributed by atoms with Crippen LogP contribution in [0.15, 0.2) is 22.7 Å². The first-order valence-corrected chi connectivity index (χ1v) is 6.70. The van der Waals surface area contributed by atoms with Crippen LogP contribution in [0.2, 0.25) is 0 Å². The zero-order chi connectivity index (χ0) is 15.1. The van der Waals surface area contributed by atoms with Crippen LogP contribution in [0, 0.1) is 11.7 Å². The van der Waals surface area contributed by atoms with Gasteiger partial charge in [-0.3, -0.25) is 4.79 Å². The van der Waals surface area contributed by atoms with Crippen LogP contribution in [0.4, 0.5) is 8.78 Å². The van der Waals surface area contributed by atoms with Crippen molar-refractivity contribution in [2.45, 2.75) is 25.1 Å². The first-order valence-electron chi connectivity index (χ1n) is 5.90. The molecule has 0 bridgehead atoms. The van der Waals surface area contributed by atoms with Gasteiger partial charge >= 0.3 is 5.97 Å². The lowest BCUT2D eigenvalue weighted by atomic mass is 9.91. The summed E-state index contributed by atoms with van der Waals surface area (Å²) in [5.41, 5.74) is -2.14. The normalized spacial score (nSPS) is 23.8. The van der Waals surface area contributed by atoms with E-state index in [2.05, 4.69) is 21.2 Å². The number of alkyl halides is 1. The largest absolute Gasteiger partial charge is 0.479 e. The molecular formula is C13H12BrF2NO3. The van der Waals surface area contributed by atoms with Gasteiger partial charge in [0.15, 0.2) is 5.54 Å². The lowest BCUT2D eigenvalue weighted by molar-refractivity contribution is -0.147. The van der Waals surface area contributed by atoms with Gasteiger partial charge < -0.3 is 10.4 Å². The van der Waals surface area contributed by atoms with Crippen LogP contribution in [-0.2, 0) is 15.1 Å². The molecule has 0 aromatic heterocycles. The molecule has 0 saturated heterocycles. The Kier molecular flexibility index (Phi) is 3.82. The van der Waals surface area contributed by atoms with Gasteiger partial charge in [-0.05, 0) is 31.5 Å². The summed E-state index contributed by atoms with van der Waals surface area (Å²) >= 11 is 3.12. The summed E-state index contributed by atoms with van der Waals surface area (Å²) in [4.78, 5) is 23.2.